The number of benzene rings is 2. The van der Waals surface area contributed by atoms with Gasteiger partial charge in [-0.05, 0) is 50.2 Å². The maximum Gasteiger partial charge on any atom is 0.164 e. The number of rotatable bonds is 3. The van der Waals surface area contributed by atoms with E-state index in [1.165, 1.54) is 4.68 Å². The number of fused-ring (bicyclic) bond motifs is 1. The molecule has 0 fully saturated rings. The van der Waals surface area contributed by atoms with Crippen molar-refractivity contribution in [3.05, 3.63) is 76.9 Å². The van der Waals surface area contributed by atoms with Crippen LogP contribution in [0.2, 0.25) is 0 Å². The Balaban J connectivity index is 1.70. The quantitative estimate of drug-likeness (QED) is 0.756. The summed E-state index contributed by atoms with van der Waals surface area (Å²) in [7, 11) is 0. The molecule has 1 aromatic heterocycles. The fourth-order valence-corrected chi connectivity index (χ4v) is 3.26. The van der Waals surface area contributed by atoms with Crippen molar-refractivity contribution in [3.8, 4) is 23.3 Å². The highest BCUT2D eigenvalue weighted by Crippen LogP contribution is 2.28. The average Bonchev–Trinajstić information content (AvgIpc) is 2.69. The normalized spacial score (nSPS) is 14.8. The number of hydrogen-bond acceptors (Lipinski definition) is 5. The van der Waals surface area contributed by atoms with Crippen molar-refractivity contribution in [2.24, 2.45) is 0 Å². The third-order valence-electron chi connectivity index (χ3n) is 4.69. The zero-order valence-corrected chi connectivity index (χ0v) is 15.8. The minimum Gasteiger partial charge on any atom is -0.457 e. The fourth-order valence-electron chi connectivity index (χ4n) is 3.26. The van der Waals surface area contributed by atoms with Crippen LogP contribution in [0.15, 0.2) is 54.6 Å². The molecule has 3 aromatic rings. The maximum absolute atomic E-state index is 9.65. The molecule has 0 amide bonds. The molecule has 0 radical (unpaired) electrons. The van der Waals surface area contributed by atoms with E-state index in [0.29, 0.717) is 35.7 Å². The molecule has 4 rings (SSSR count). The molecular weight excluding hydrogens is 352 g/mol. The number of hydrogen-bond donors (Lipinski definition) is 1. The summed E-state index contributed by atoms with van der Waals surface area (Å²) in [6.07, 6.45) is 0.564. The third kappa shape index (κ3) is 3.40. The lowest BCUT2D eigenvalue weighted by Gasteiger charge is -2.31. The Morgan fingerprint density at radius 1 is 1.11 bits per heavy atom. The Morgan fingerprint density at radius 3 is 2.46 bits per heavy atom. The van der Waals surface area contributed by atoms with Crippen LogP contribution in [0.1, 0.15) is 30.7 Å². The molecule has 0 atom stereocenters. The minimum absolute atomic E-state index is 0.0793. The molecule has 1 N–H and O–H groups in total. The van der Waals surface area contributed by atoms with E-state index >= 15 is 0 Å². The van der Waals surface area contributed by atoms with Gasteiger partial charge in [-0.1, -0.05) is 18.2 Å². The Bertz CT molecular complexity index is 1110. The smallest absolute Gasteiger partial charge is 0.164 e. The Kier molecular flexibility index (Phi) is 4.46. The van der Waals surface area contributed by atoms with Crippen LogP contribution in [0.25, 0.3) is 5.69 Å². The lowest BCUT2D eigenvalue weighted by Crippen LogP contribution is -2.37. The zero-order valence-electron chi connectivity index (χ0n) is 15.8. The minimum atomic E-state index is -0.366. The highest BCUT2D eigenvalue weighted by Gasteiger charge is 2.30. The molecule has 1 aliphatic rings. The number of nitrogens with one attached hydrogen (secondary N) is 1. The first kappa shape index (κ1) is 18.0. The van der Waals surface area contributed by atoms with Gasteiger partial charge in [-0.25, -0.2) is 4.68 Å². The predicted octanol–water partition coefficient (Wildman–Crippen LogP) is 3.87. The van der Waals surface area contributed by atoms with Gasteiger partial charge in [-0.15, -0.1) is 0 Å². The van der Waals surface area contributed by atoms with Gasteiger partial charge in [0.2, 0.25) is 0 Å². The predicted molar refractivity (Wildman–Crippen MR) is 103 cm³/mol. The molecule has 0 bridgehead atoms. The second-order valence-corrected chi connectivity index (χ2v) is 7.31. The van der Waals surface area contributed by atoms with Gasteiger partial charge in [0.05, 0.1) is 23.6 Å². The molecule has 0 aliphatic carbocycles. The van der Waals surface area contributed by atoms with E-state index in [2.05, 4.69) is 11.2 Å². The van der Waals surface area contributed by atoms with Crippen molar-refractivity contribution in [3.63, 3.8) is 0 Å². The molecular formula is C22H20N4O2. The van der Waals surface area contributed by atoms with Crippen LogP contribution in [0.4, 0.5) is 0 Å². The van der Waals surface area contributed by atoms with E-state index in [9.17, 15) is 5.26 Å². The van der Waals surface area contributed by atoms with Gasteiger partial charge < -0.3 is 9.47 Å². The summed E-state index contributed by atoms with van der Waals surface area (Å²) in [5.74, 6) is 1.44. The lowest BCUT2D eigenvalue weighted by molar-refractivity contribution is -0.0428. The first-order valence-corrected chi connectivity index (χ1v) is 9.04. The van der Waals surface area contributed by atoms with Gasteiger partial charge in [0.25, 0.3) is 0 Å². The van der Waals surface area contributed by atoms with Crippen molar-refractivity contribution >= 4 is 0 Å². The van der Waals surface area contributed by atoms with Crippen molar-refractivity contribution < 1.29 is 9.47 Å². The molecule has 0 unspecified atom stereocenters. The van der Waals surface area contributed by atoms with Gasteiger partial charge in [0.1, 0.15) is 23.1 Å². The van der Waals surface area contributed by atoms with Crippen molar-refractivity contribution in [1.29, 1.82) is 10.7 Å². The van der Waals surface area contributed by atoms with Crippen molar-refractivity contribution in [2.75, 3.05) is 0 Å². The van der Waals surface area contributed by atoms with E-state index in [-0.39, 0.29) is 11.1 Å². The van der Waals surface area contributed by atoms with E-state index < -0.39 is 0 Å². The molecule has 0 saturated heterocycles. The Morgan fingerprint density at radius 2 is 1.79 bits per heavy atom. The number of aromatic nitrogens is 2. The summed E-state index contributed by atoms with van der Waals surface area (Å²) in [5, 5.41) is 22.7. The summed E-state index contributed by atoms with van der Waals surface area (Å²) < 4.78 is 13.1. The summed E-state index contributed by atoms with van der Waals surface area (Å²) in [4.78, 5) is 0. The van der Waals surface area contributed by atoms with Crippen LogP contribution >= 0.6 is 0 Å². The van der Waals surface area contributed by atoms with E-state index in [0.717, 1.165) is 11.3 Å². The van der Waals surface area contributed by atoms with Crippen LogP contribution in [-0.2, 0) is 17.8 Å². The van der Waals surface area contributed by atoms with E-state index in [1.807, 2.05) is 68.4 Å². The number of para-hydroxylation sites is 1. The van der Waals surface area contributed by atoms with Gasteiger partial charge >= 0.3 is 0 Å². The topological polar surface area (TPSA) is 83.9 Å². The second-order valence-electron chi connectivity index (χ2n) is 7.31. The third-order valence-corrected chi connectivity index (χ3v) is 4.69. The average molecular weight is 372 g/mol. The molecule has 0 spiro atoms. The number of nitriles is 1. The largest absolute Gasteiger partial charge is 0.457 e. The summed E-state index contributed by atoms with van der Waals surface area (Å²) in [6, 6.07) is 19.0. The van der Waals surface area contributed by atoms with E-state index in [4.69, 9.17) is 14.9 Å². The summed E-state index contributed by atoms with van der Waals surface area (Å²) in [6.45, 7) is 4.28. The molecule has 2 heterocycles. The van der Waals surface area contributed by atoms with Gasteiger partial charge in [0.15, 0.2) is 5.49 Å². The highest BCUT2D eigenvalue weighted by molar-refractivity contribution is 5.43. The number of ether oxygens (including phenoxy) is 2. The summed E-state index contributed by atoms with van der Waals surface area (Å²) >= 11 is 0. The van der Waals surface area contributed by atoms with Crippen LogP contribution < -0.4 is 10.2 Å². The molecule has 1 aliphatic heterocycles. The monoisotopic (exact) mass is 372 g/mol. The van der Waals surface area contributed by atoms with Crippen LogP contribution in [0.3, 0.4) is 0 Å². The van der Waals surface area contributed by atoms with Crippen molar-refractivity contribution in [1.82, 2.24) is 9.78 Å². The van der Waals surface area contributed by atoms with Crippen LogP contribution in [0, 0.1) is 16.7 Å². The first-order valence-electron chi connectivity index (χ1n) is 9.04. The van der Waals surface area contributed by atoms with Crippen LogP contribution in [-0.4, -0.2) is 15.4 Å². The first-order chi connectivity index (χ1) is 13.5. The molecule has 0 saturated carbocycles. The van der Waals surface area contributed by atoms with Crippen LogP contribution in [0.5, 0.6) is 11.5 Å². The van der Waals surface area contributed by atoms with Gasteiger partial charge in [-0.3, -0.25) is 5.41 Å². The Hall–Kier alpha value is -3.43. The molecule has 6 heteroatoms. The zero-order chi connectivity index (χ0) is 19.7. The standard InChI is InChI=1S/C22H20N4O2/c1-22(2)12-18-19(13-23)21(24)26(25-20(18)14-27-22)15-8-10-17(11-9-15)28-16-6-4-3-5-7-16/h3-11,24H,12,14H2,1-2H3. The molecule has 28 heavy (non-hydrogen) atoms. The van der Waals surface area contributed by atoms with Gasteiger partial charge in [-0.2, -0.15) is 10.4 Å². The van der Waals surface area contributed by atoms with Crippen molar-refractivity contribution in [2.45, 2.75) is 32.5 Å². The maximum atomic E-state index is 9.65. The Labute approximate surface area is 163 Å². The molecule has 2 aromatic carbocycles. The SMILES string of the molecule is CC1(C)Cc2c(nn(-c3ccc(Oc4ccccc4)cc3)c(=N)c2C#N)CO1. The molecule has 140 valence electrons. The fraction of sp³-hybridized carbons (Fsp3) is 0.227. The lowest BCUT2D eigenvalue weighted by atomic mass is 9.92. The summed E-state index contributed by atoms with van der Waals surface area (Å²) in [5.41, 5.74) is 2.27. The van der Waals surface area contributed by atoms with Gasteiger partial charge in [0, 0.05) is 12.0 Å². The molecule has 6 nitrogen and oxygen atoms in total. The highest BCUT2D eigenvalue weighted by atomic mass is 16.5. The number of nitrogens with zero attached hydrogens (tertiary/aromatic N) is 3. The second kappa shape index (κ2) is 6.95. The van der Waals surface area contributed by atoms with E-state index in [1.54, 1.807) is 0 Å².